The summed E-state index contributed by atoms with van der Waals surface area (Å²) in [6.07, 6.45) is 1.18. The zero-order valence-corrected chi connectivity index (χ0v) is 15.5. The van der Waals surface area contributed by atoms with Crippen LogP contribution < -0.4 is 10.1 Å². The van der Waals surface area contributed by atoms with Crippen molar-refractivity contribution in [2.24, 2.45) is 0 Å². The fourth-order valence-electron chi connectivity index (χ4n) is 4.54. The molecule has 2 amide bonds. The molecule has 2 aromatic carbocycles. The van der Waals surface area contributed by atoms with Crippen LogP contribution in [0.2, 0.25) is 0 Å². The van der Waals surface area contributed by atoms with Crippen LogP contribution in [0.3, 0.4) is 0 Å². The van der Waals surface area contributed by atoms with Crippen LogP contribution in [0.4, 0.5) is 0 Å². The minimum absolute atomic E-state index is 0.00291. The SMILES string of the molecule is O=C1CO[C@@H]2CN(C(=O)c3ccc4c(c3)CCO4)CC[C@@]2(c2ccccc2)N1. The quantitative estimate of drug-likeness (QED) is 0.867. The van der Waals surface area contributed by atoms with Crippen molar-refractivity contribution in [3.63, 3.8) is 0 Å². The molecule has 3 heterocycles. The van der Waals surface area contributed by atoms with Crippen molar-refractivity contribution >= 4 is 11.8 Å². The summed E-state index contributed by atoms with van der Waals surface area (Å²) in [6.45, 7) is 1.70. The van der Waals surface area contributed by atoms with Crippen molar-refractivity contribution in [1.82, 2.24) is 10.2 Å². The van der Waals surface area contributed by atoms with Gasteiger partial charge >= 0.3 is 0 Å². The largest absolute Gasteiger partial charge is 0.493 e. The van der Waals surface area contributed by atoms with E-state index >= 15 is 0 Å². The molecule has 2 aromatic rings. The Balaban J connectivity index is 1.41. The van der Waals surface area contributed by atoms with E-state index in [2.05, 4.69) is 5.32 Å². The molecule has 0 saturated carbocycles. The molecule has 2 saturated heterocycles. The van der Waals surface area contributed by atoms with Crippen LogP contribution in [-0.2, 0) is 21.5 Å². The third-order valence-corrected chi connectivity index (χ3v) is 6.00. The van der Waals surface area contributed by atoms with Gasteiger partial charge in [-0.3, -0.25) is 9.59 Å². The fraction of sp³-hybridized carbons (Fsp3) is 0.364. The van der Waals surface area contributed by atoms with Crippen LogP contribution in [-0.4, -0.2) is 49.1 Å². The third kappa shape index (κ3) is 2.76. The van der Waals surface area contributed by atoms with Gasteiger partial charge in [0.25, 0.3) is 5.91 Å². The molecule has 2 fully saturated rings. The number of hydrogen-bond acceptors (Lipinski definition) is 4. The molecule has 1 N–H and O–H groups in total. The highest BCUT2D eigenvalue weighted by atomic mass is 16.5. The summed E-state index contributed by atoms with van der Waals surface area (Å²) in [6, 6.07) is 15.6. The Morgan fingerprint density at radius 3 is 2.89 bits per heavy atom. The van der Waals surface area contributed by atoms with E-state index in [0.29, 0.717) is 31.7 Å². The van der Waals surface area contributed by atoms with E-state index in [-0.39, 0.29) is 24.5 Å². The number of likely N-dealkylation sites (tertiary alicyclic amines) is 1. The second kappa shape index (κ2) is 6.63. The number of nitrogens with one attached hydrogen (secondary N) is 1. The van der Waals surface area contributed by atoms with E-state index in [0.717, 1.165) is 23.3 Å². The van der Waals surface area contributed by atoms with Crippen molar-refractivity contribution in [2.45, 2.75) is 24.5 Å². The first kappa shape index (κ1) is 17.3. The van der Waals surface area contributed by atoms with E-state index in [1.165, 1.54) is 0 Å². The summed E-state index contributed by atoms with van der Waals surface area (Å²) in [5.41, 5.74) is 2.20. The van der Waals surface area contributed by atoms with Crippen LogP contribution in [0.5, 0.6) is 5.75 Å². The van der Waals surface area contributed by atoms with E-state index in [4.69, 9.17) is 9.47 Å². The number of nitrogens with zero attached hydrogens (tertiary/aromatic N) is 1. The molecule has 3 aliphatic heterocycles. The lowest BCUT2D eigenvalue weighted by atomic mass is 9.77. The number of hydrogen-bond donors (Lipinski definition) is 1. The summed E-state index contributed by atoms with van der Waals surface area (Å²) >= 11 is 0. The first-order chi connectivity index (χ1) is 13.7. The van der Waals surface area contributed by atoms with Crippen LogP contribution in [0, 0.1) is 0 Å². The highest BCUT2D eigenvalue weighted by Crippen LogP contribution is 2.37. The second-order valence-corrected chi connectivity index (χ2v) is 7.61. The molecule has 28 heavy (non-hydrogen) atoms. The van der Waals surface area contributed by atoms with Gasteiger partial charge in [0.2, 0.25) is 5.91 Å². The Morgan fingerprint density at radius 2 is 2.04 bits per heavy atom. The first-order valence-electron chi connectivity index (χ1n) is 9.69. The van der Waals surface area contributed by atoms with Gasteiger partial charge in [-0.2, -0.15) is 0 Å². The molecular weight excluding hydrogens is 356 g/mol. The van der Waals surface area contributed by atoms with Gasteiger partial charge < -0.3 is 19.7 Å². The maximum absolute atomic E-state index is 13.1. The molecule has 0 aromatic heterocycles. The number of amides is 2. The zero-order valence-electron chi connectivity index (χ0n) is 15.5. The lowest BCUT2D eigenvalue weighted by molar-refractivity contribution is -0.150. The molecule has 0 unspecified atom stereocenters. The van der Waals surface area contributed by atoms with Crippen LogP contribution in [0.25, 0.3) is 0 Å². The number of carbonyl (C=O) groups is 2. The van der Waals surface area contributed by atoms with E-state index in [9.17, 15) is 9.59 Å². The minimum atomic E-state index is -0.584. The van der Waals surface area contributed by atoms with Crippen molar-refractivity contribution < 1.29 is 19.1 Å². The Labute approximate surface area is 163 Å². The number of piperidine rings is 1. The van der Waals surface area contributed by atoms with Gasteiger partial charge in [0.05, 0.1) is 12.1 Å². The molecular formula is C22H22N2O4. The molecule has 6 heteroatoms. The van der Waals surface area contributed by atoms with E-state index < -0.39 is 5.54 Å². The predicted molar refractivity (Wildman–Crippen MR) is 102 cm³/mol. The van der Waals surface area contributed by atoms with Crippen LogP contribution in [0.15, 0.2) is 48.5 Å². The standard InChI is InChI=1S/C22H22N2O4/c25-20-14-28-19-13-24(10-9-22(19,23-20)17-4-2-1-3-5-17)21(26)16-6-7-18-15(12-16)8-11-27-18/h1-7,12,19H,8-11,13-14H2,(H,23,25)/t19-,22+/m1/s1. The maximum Gasteiger partial charge on any atom is 0.253 e. The summed E-state index contributed by atoms with van der Waals surface area (Å²) in [4.78, 5) is 27.1. The van der Waals surface area contributed by atoms with Crippen molar-refractivity contribution in [2.75, 3.05) is 26.3 Å². The van der Waals surface area contributed by atoms with Crippen LogP contribution in [0.1, 0.15) is 27.9 Å². The molecule has 5 rings (SSSR count). The highest BCUT2D eigenvalue weighted by Gasteiger charge is 2.49. The molecule has 2 atom stereocenters. The summed E-state index contributed by atoms with van der Waals surface area (Å²) in [5.74, 6) is 0.756. The second-order valence-electron chi connectivity index (χ2n) is 7.61. The number of benzene rings is 2. The fourth-order valence-corrected chi connectivity index (χ4v) is 4.54. The van der Waals surface area contributed by atoms with Gasteiger partial charge in [-0.15, -0.1) is 0 Å². The van der Waals surface area contributed by atoms with Crippen LogP contribution >= 0.6 is 0 Å². The number of rotatable bonds is 2. The molecule has 3 aliphatic rings. The summed E-state index contributed by atoms with van der Waals surface area (Å²) in [7, 11) is 0. The lowest BCUT2D eigenvalue weighted by Crippen LogP contribution is -2.67. The minimum Gasteiger partial charge on any atom is -0.493 e. The number of ether oxygens (including phenoxy) is 2. The van der Waals surface area contributed by atoms with Gasteiger partial charge in [-0.05, 0) is 35.7 Å². The number of fused-ring (bicyclic) bond motifs is 2. The van der Waals surface area contributed by atoms with E-state index in [1.807, 2.05) is 53.4 Å². The van der Waals surface area contributed by atoms with Crippen molar-refractivity contribution in [3.8, 4) is 5.75 Å². The molecule has 0 radical (unpaired) electrons. The monoisotopic (exact) mass is 378 g/mol. The Morgan fingerprint density at radius 1 is 1.18 bits per heavy atom. The Kier molecular flexibility index (Phi) is 4.09. The summed E-state index contributed by atoms with van der Waals surface area (Å²) < 4.78 is 11.5. The normalized spacial score (nSPS) is 26.1. The van der Waals surface area contributed by atoms with Gasteiger partial charge in [0, 0.05) is 25.1 Å². The average Bonchev–Trinajstić information content (AvgIpc) is 3.21. The first-order valence-corrected chi connectivity index (χ1v) is 9.69. The third-order valence-electron chi connectivity index (χ3n) is 6.00. The highest BCUT2D eigenvalue weighted by molar-refractivity contribution is 5.95. The number of morpholine rings is 1. The lowest BCUT2D eigenvalue weighted by Gasteiger charge is -2.50. The zero-order chi connectivity index (χ0) is 19.1. The van der Waals surface area contributed by atoms with Gasteiger partial charge in [0.15, 0.2) is 0 Å². The molecule has 0 spiro atoms. The van der Waals surface area contributed by atoms with Gasteiger partial charge in [0.1, 0.15) is 18.5 Å². The summed E-state index contributed by atoms with van der Waals surface area (Å²) in [5, 5.41) is 3.16. The average molecular weight is 378 g/mol. The number of carbonyl (C=O) groups excluding carboxylic acids is 2. The molecule has 6 nitrogen and oxygen atoms in total. The van der Waals surface area contributed by atoms with E-state index in [1.54, 1.807) is 0 Å². The Bertz CT molecular complexity index is 929. The molecule has 144 valence electrons. The van der Waals surface area contributed by atoms with Gasteiger partial charge in [-0.1, -0.05) is 30.3 Å². The predicted octanol–water partition coefficient (Wildman–Crippen LogP) is 1.88. The topological polar surface area (TPSA) is 67.9 Å². The smallest absolute Gasteiger partial charge is 0.253 e. The van der Waals surface area contributed by atoms with Crippen molar-refractivity contribution in [3.05, 3.63) is 65.2 Å². The van der Waals surface area contributed by atoms with Gasteiger partial charge in [-0.25, -0.2) is 0 Å². The Hall–Kier alpha value is -2.86. The molecule has 0 aliphatic carbocycles. The maximum atomic E-state index is 13.1. The van der Waals surface area contributed by atoms with Crippen molar-refractivity contribution in [1.29, 1.82) is 0 Å². The molecule has 0 bridgehead atoms.